The number of ether oxygens (including phenoxy) is 1. The molecule has 0 unspecified atom stereocenters. The Morgan fingerprint density at radius 1 is 1.36 bits per heavy atom. The molecule has 1 aliphatic rings. The maximum absolute atomic E-state index is 13.2. The van der Waals surface area contributed by atoms with Crippen LogP contribution in [0, 0.1) is 5.82 Å². The van der Waals surface area contributed by atoms with E-state index >= 15 is 0 Å². The third-order valence-electron chi connectivity index (χ3n) is 3.80. The first kappa shape index (κ1) is 19.6. The lowest BCUT2D eigenvalue weighted by atomic mass is 10.3. The molecule has 0 atom stereocenters. The standard InChI is InChI=1S/C14H17ClFN3O5S/c1-24-14(21)17-13(20)9-18-4-6-19(7-5-18)25(22,23)10-2-3-12(16)11(15)8-10/h2-3,8H,4-7,9H2,1H3,(H,17,20,21)/p+1. The normalized spacial score (nSPS) is 16.4. The van der Waals surface area contributed by atoms with Crippen molar-refractivity contribution in [3.05, 3.63) is 29.0 Å². The van der Waals surface area contributed by atoms with E-state index in [1.165, 1.54) is 10.4 Å². The number of quaternary nitrogens is 1. The minimum absolute atomic E-state index is 0.0331. The number of halogens is 2. The lowest BCUT2D eigenvalue weighted by Gasteiger charge is -2.31. The number of carbonyl (C=O) groups is 2. The predicted molar refractivity (Wildman–Crippen MR) is 86.3 cm³/mol. The molecule has 0 spiro atoms. The number of alkyl carbamates (subject to hydrolysis) is 1. The topological polar surface area (TPSA) is 97.2 Å². The molecule has 25 heavy (non-hydrogen) atoms. The molecule has 1 heterocycles. The number of rotatable bonds is 4. The van der Waals surface area contributed by atoms with Gasteiger partial charge in [-0.2, -0.15) is 4.31 Å². The van der Waals surface area contributed by atoms with E-state index in [-0.39, 0.29) is 29.6 Å². The molecule has 0 radical (unpaired) electrons. The minimum atomic E-state index is -3.78. The van der Waals surface area contributed by atoms with E-state index in [1.54, 1.807) is 0 Å². The minimum Gasteiger partial charge on any atom is -0.453 e. The van der Waals surface area contributed by atoms with Crippen molar-refractivity contribution >= 4 is 33.6 Å². The second-order valence-electron chi connectivity index (χ2n) is 5.45. The molecule has 1 aliphatic heterocycles. The second kappa shape index (κ2) is 8.09. The molecule has 1 aromatic rings. The van der Waals surface area contributed by atoms with Crippen LogP contribution in [0.1, 0.15) is 0 Å². The Kier molecular flexibility index (Phi) is 6.33. The molecule has 0 bridgehead atoms. The molecule has 0 aliphatic carbocycles. The van der Waals surface area contributed by atoms with Crippen molar-refractivity contribution in [2.45, 2.75) is 4.90 Å². The van der Waals surface area contributed by atoms with Gasteiger partial charge in [-0.25, -0.2) is 17.6 Å². The summed E-state index contributed by atoms with van der Waals surface area (Å²) in [5.41, 5.74) is 0. The molecule has 2 amide bonds. The summed E-state index contributed by atoms with van der Waals surface area (Å²) in [6, 6.07) is 3.25. The maximum Gasteiger partial charge on any atom is 0.413 e. The SMILES string of the molecule is COC(=O)NC(=O)C[NH+]1CCN(S(=O)(=O)c2ccc(F)c(Cl)c2)CC1. The summed E-state index contributed by atoms with van der Waals surface area (Å²) < 4.78 is 43.9. The molecular weight excluding hydrogens is 377 g/mol. The van der Waals surface area contributed by atoms with Crippen LogP contribution >= 0.6 is 11.6 Å². The molecule has 2 rings (SSSR count). The number of amides is 2. The zero-order valence-electron chi connectivity index (χ0n) is 13.4. The maximum atomic E-state index is 13.2. The van der Waals surface area contributed by atoms with Crippen LogP contribution in [0.25, 0.3) is 0 Å². The molecular formula is C14H18ClFN3O5S+. The Bertz CT molecular complexity index is 766. The first-order chi connectivity index (χ1) is 11.7. The van der Waals surface area contributed by atoms with Crippen LogP contribution in [-0.4, -0.2) is 64.6 Å². The number of hydrogen-bond acceptors (Lipinski definition) is 5. The zero-order valence-corrected chi connectivity index (χ0v) is 15.0. The molecule has 1 saturated heterocycles. The van der Waals surface area contributed by atoms with Gasteiger partial charge in [0.2, 0.25) is 10.0 Å². The number of benzene rings is 1. The highest BCUT2D eigenvalue weighted by atomic mass is 35.5. The number of methoxy groups -OCH3 is 1. The van der Waals surface area contributed by atoms with E-state index in [0.29, 0.717) is 13.1 Å². The van der Waals surface area contributed by atoms with E-state index in [2.05, 4.69) is 10.1 Å². The van der Waals surface area contributed by atoms with E-state index in [4.69, 9.17) is 11.6 Å². The van der Waals surface area contributed by atoms with Gasteiger partial charge in [-0.3, -0.25) is 10.1 Å². The number of nitrogens with zero attached hydrogens (tertiary/aromatic N) is 1. The lowest BCUT2D eigenvalue weighted by Crippen LogP contribution is -3.15. The smallest absolute Gasteiger partial charge is 0.413 e. The molecule has 1 aromatic carbocycles. The third-order valence-corrected chi connectivity index (χ3v) is 5.98. The highest BCUT2D eigenvalue weighted by Crippen LogP contribution is 2.22. The van der Waals surface area contributed by atoms with Gasteiger partial charge in [0, 0.05) is 0 Å². The van der Waals surface area contributed by atoms with Gasteiger partial charge in [0.25, 0.3) is 5.91 Å². The number of piperazine rings is 1. The first-order valence-electron chi connectivity index (χ1n) is 7.40. The van der Waals surface area contributed by atoms with Crippen molar-refractivity contribution in [1.82, 2.24) is 9.62 Å². The summed E-state index contributed by atoms with van der Waals surface area (Å²) in [6.07, 6.45) is -0.834. The molecule has 11 heteroatoms. The van der Waals surface area contributed by atoms with E-state index in [0.717, 1.165) is 24.1 Å². The molecule has 1 fully saturated rings. The Labute approximate surface area is 149 Å². The number of nitrogens with one attached hydrogen (secondary N) is 2. The summed E-state index contributed by atoms with van der Waals surface area (Å²) in [4.78, 5) is 23.4. The van der Waals surface area contributed by atoms with Crippen molar-refractivity contribution in [2.24, 2.45) is 0 Å². The summed E-state index contributed by atoms with van der Waals surface area (Å²) in [6.45, 7) is 1.20. The predicted octanol–water partition coefficient (Wildman–Crippen LogP) is -0.749. The molecule has 8 nitrogen and oxygen atoms in total. The van der Waals surface area contributed by atoms with Crippen molar-refractivity contribution in [1.29, 1.82) is 0 Å². The summed E-state index contributed by atoms with van der Waals surface area (Å²) >= 11 is 5.65. The van der Waals surface area contributed by atoms with Crippen LogP contribution < -0.4 is 10.2 Å². The largest absolute Gasteiger partial charge is 0.453 e. The lowest BCUT2D eigenvalue weighted by molar-refractivity contribution is -0.895. The van der Waals surface area contributed by atoms with Crippen LogP contribution in [0.2, 0.25) is 5.02 Å². The van der Waals surface area contributed by atoms with Gasteiger partial charge < -0.3 is 9.64 Å². The molecule has 0 saturated carbocycles. The summed E-state index contributed by atoms with van der Waals surface area (Å²) in [7, 11) is -2.63. The van der Waals surface area contributed by atoms with Gasteiger partial charge in [0.05, 0.1) is 43.2 Å². The van der Waals surface area contributed by atoms with Gasteiger partial charge in [-0.1, -0.05) is 11.6 Å². The quantitative estimate of drug-likeness (QED) is 0.700. The van der Waals surface area contributed by atoms with Crippen LogP contribution in [0.15, 0.2) is 23.1 Å². The Morgan fingerprint density at radius 2 is 2.00 bits per heavy atom. The fourth-order valence-electron chi connectivity index (χ4n) is 2.44. The van der Waals surface area contributed by atoms with Crippen LogP contribution in [-0.2, 0) is 19.6 Å². The fourth-order valence-corrected chi connectivity index (χ4v) is 4.16. The van der Waals surface area contributed by atoms with Gasteiger partial charge in [0.1, 0.15) is 5.82 Å². The molecule has 0 aromatic heterocycles. The number of sulfonamides is 1. The van der Waals surface area contributed by atoms with Crippen LogP contribution in [0.3, 0.4) is 0 Å². The monoisotopic (exact) mass is 394 g/mol. The van der Waals surface area contributed by atoms with Crippen LogP contribution in [0.4, 0.5) is 9.18 Å². The second-order valence-corrected chi connectivity index (χ2v) is 7.79. The summed E-state index contributed by atoms with van der Waals surface area (Å²) in [5.74, 6) is -1.19. The van der Waals surface area contributed by atoms with Crippen molar-refractivity contribution in [3.63, 3.8) is 0 Å². The van der Waals surface area contributed by atoms with Crippen molar-refractivity contribution in [3.8, 4) is 0 Å². The average Bonchev–Trinajstić information content (AvgIpc) is 2.57. The number of imide groups is 1. The van der Waals surface area contributed by atoms with E-state index < -0.39 is 27.8 Å². The number of hydrogen-bond donors (Lipinski definition) is 2. The van der Waals surface area contributed by atoms with E-state index in [1.807, 2.05) is 0 Å². The van der Waals surface area contributed by atoms with E-state index in [9.17, 15) is 22.4 Å². The number of carbonyl (C=O) groups excluding carboxylic acids is 2. The fraction of sp³-hybridized carbons (Fsp3) is 0.429. The van der Waals surface area contributed by atoms with Gasteiger partial charge >= 0.3 is 6.09 Å². The van der Waals surface area contributed by atoms with Gasteiger partial charge in [-0.15, -0.1) is 0 Å². The summed E-state index contributed by atoms with van der Waals surface area (Å²) in [5, 5.41) is 1.79. The zero-order chi connectivity index (χ0) is 18.6. The molecule has 138 valence electrons. The highest BCUT2D eigenvalue weighted by Gasteiger charge is 2.31. The average molecular weight is 395 g/mol. The Balaban J connectivity index is 1.95. The van der Waals surface area contributed by atoms with Crippen molar-refractivity contribution in [2.75, 3.05) is 39.8 Å². The Hall–Kier alpha value is -1.75. The third kappa shape index (κ3) is 4.88. The van der Waals surface area contributed by atoms with Crippen LogP contribution in [0.5, 0.6) is 0 Å². The highest BCUT2D eigenvalue weighted by molar-refractivity contribution is 7.89. The molecule has 2 N–H and O–H groups in total. The van der Waals surface area contributed by atoms with Crippen molar-refractivity contribution < 1.29 is 32.0 Å². The Morgan fingerprint density at radius 3 is 2.56 bits per heavy atom. The van der Waals surface area contributed by atoms with Gasteiger partial charge in [-0.05, 0) is 18.2 Å². The first-order valence-corrected chi connectivity index (χ1v) is 9.22. The van der Waals surface area contributed by atoms with Gasteiger partial charge in [0.15, 0.2) is 6.54 Å².